The summed E-state index contributed by atoms with van der Waals surface area (Å²) in [6.07, 6.45) is 4.85. The molecule has 0 radical (unpaired) electrons. The molecule has 1 fully saturated rings. The molecule has 0 spiro atoms. The van der Waals surface area contributed by atoms with E-state index in [1.807, 2.05) is 25.5 Å². The summed E-state index contributed by atoms with van der Waals surface area (Å²) in [7, 11) is 0. The fourth-order valence-corrected chi connectivity index (χ4v) is 3.20. The molecule has 23 heavy (non-hydrogen) atoms. The highest BCUT2D eigenvalue weighted by atomic mass is 79.9. The van der Waals surface area contributed by atoms with E-state index >= 15 is 0 Å². The lowest BCUT2D eigenvalue weighted by molar-refractivity contribution is 0.0169. The summed E-state index contributed by atoms with van der Waals surface area (Å²) < 4.78 is 8.09. The van der Waals surface area contributed by atoms with E-state index in [0.717, 1.165) is 28.5 Å². The lowest BCUT2D eigenvalue weighted by Crippen LogP contribution is -2.43. The molecule has 0 bridgehead atoms. The van der Waals surface area contributed by atoms with Crippen LogP contribution < -0.4 is 0 Å². The standard InChI is InChI=1S/C15H20BrN5O2/c1-15(2,3)23-14(22)20-6-4-5-10(8-20)21-13-11(12(16)19-21)7-17-9-18-13/h7,9-10H,4-6,8H2,1-3H3. The molecule has 3 heterocycles. The van der Waals surface area contributed by atoms with Gasteiger partial charge in [-0.25, -0.2) is 19.4 Å². The zero-order valence-electron chi connectivity index (χ0n) is 13.5. The molecule has 1 amide bonds. The number of hydrogen-bond acceptors (Lipinski definition) is 5. The van der Waals surface area contributed by atoms with Crippen molar-refractivity contribution in [3.8, 4) is 0 Å². The maximum absolute atomic E-state index is 12.3. The van der Waals surface area contributed by atoms with E-state index in [2.05, 4.69) is 31.0 Å². The van der Waals surface area contributed by atoms with Gasteiger partial charge in [0.15, 0.2) is 5.65 Å². The van der Waals surface area contributed by atoms with Crippen molar-refractivity contribution in [1.82, 2.24) is 24.6 Å². The Morgan fingerprint density at radius 2 is 2.22 bits per heavy atom. The Kier molecular flexibility index (Phi) is 4.27. The van der Waals surface area contributed by atoms with Gasteiger partial charge in [-0.1, -0.05) is 0 Å². The van der Waals surface area contributed by atoms with E-state index in [1.165, 1.54) is 6.33 Å². The van der Waals surface area contributed by atoms with Crippen LogP contribution in [-0.2, 0) is 4.74 Å². The van der Waals surface area contributed by atoms with E-state index in [-0.39, 0.29) is 12.1 Å². The van der Waals surface area contributed by atoms with Crippen LogP contribution in [-0.4, -0.2) is 49.4 Å². The van der Waals surface area contributed by atoms with Crippen LogP contribution in [0.4, 0.5) is 4.79 Å². The van der Waals surface area contributed by atoms with Crippen molar-refractivity contribution < 1.29 is 9.53 Å². The van der Waals surface area contributed by atoms with Gasteiger partial charge in [-0.3, -0.25) is 0 Å². The van der Waals surface area contributed by atoms with Gasteiger partial charge in [0.2, 0.25) is 0 Å². The molecular weight excluding hydrogens is 362 g/mol. The van der Waals surface area contributed by atoms with Crippen LogP contribution in [0.25, 0.3) is 11.0 Å². The molecule has 2 aromatic heterocycles. The van der Waals surface area contributed by atoms with Crippen LogP contribution in [0.2, 0.25) is 0 Å². The number of ether oxygens (including phenoxy) is 1. The van der Waals surface area contributed by atoms with Crippen LogP contribution in [0.15, 0.2) is 17.1 Å². The highest BCUT2D eigenvalue weighted by molar-refractivity contribution is 9.10. The molecule has 0 N–H and O–H groups in total. The Labute approximate surface area is 143 Å². The van der Waals surface area contributed by atoms with Gasteiger partial charge in [0.25, 0.3) is 0 Å². The van der Waals surface area contributed by atoms with Gasteiger partial charge in [-0.2, -0.15) is 5.10 Å². The third kappa shape index (κ3) is 3.46. The Balaban J connectivity index is 1.82. The molecule has 1 unspecified atom stereocenters. The predicted octanol–water partition coefficient (Wildman–Crippen LogP) is 3.16. The van der Waals surface area contributed by atoms with Gasteiger partial charge < -0.3 is 9.64 Å². The summed E-state index contributed by atoms with van der Waals surface area (Å²) in [4.78, 5) is 22.4. The molecule has 2 aromatic rings. The van der Waals surface area contributed by atoms with Crippen molar-refractivity contribution in [2.24, 2.45) is 0 Å². The summed E-state index contributed by atoms with van der Waals surface area (Å²) in [6.45, 7) is 6.91. The Morgan fingerprint density at radius 1 is 1.43 bits per heavy atom. The van der Waals surface area contributed by atoms with Gasteiger partial charge >= 0.3 is 6.09 Å². The topological polar surface area (TPSA) is 73.1 Å². The maximum atomic E-state index is 12.3. The minimum atomic E-state index is -0.487. The van der Waals surface area contributed by atoms with Crippen molar-refractivity contribution in [1.29, 1.82) is 0 Å². The molecule has 1 atom stereocenters. The number of amides is 1. The minimum Gasteiger partial charge on any atom is -0.444 e. The predicted molar refractivity (Wildman–Crippen MR) is 89.1 cm³/mol. The van der Waals surface area contributed by atoms with Crippen LogP contribution >= 0.6 is 15.9 Å². The number of aromatic nitrogens is 4. The van der Waals surface area contributed by atoms with Crippen molar-refractivity contribution in [2.45, 2.75) is 45.3 Å². The first-order valence-electron chi connectivity index (χ1n) is 7.67. The zero-order chi connectivity index (χ0) is 16.6. The Hall–Kier alpha value is -1.70. The quantitative estimate of drug-likeness (QED) is 0.758. The number of fused-ring (bicyclic) bond motifs is 1. The van der Waals surface area contributed by atoms with Gasteiger partial charge in [-0.05, 0) is 49.5 Å². The largest absolute Gasteiger partial charge is 0.444 e. The van der Waals surface area contributed by atoms with Crippen LogP contribution in [0, 0.1) is 0 Å². The van der Waals surface area contributed by atoms with Crippen LogP contribution in [0.3, 0.4) is 0 Å². The van der Waals surface area contributed by atoms with Crippen molar-refractivity contribution in [3.63, 3.8) is 0 Å². The molecule has 0 saturated carbocycles. The SMILES string of the molecule is CC(C)(C)OC(=O)N1CCCC(n2nc(Br)c3cncnc32)C1. The zero-order valence-corrected chi connectivity index (χ0v) is 15.1. The first-order chi connectivity index (χ1) is 10.8. The number of nitrogens with zero attached hydrogens (tertiary/aromatic N) is 5. The monoisotopic (exact) mass is 381 g/mol. The highest BCUT2D eigenvalue weighted by Gasteiger charge is 2.30. The summed E-state index contributed by atoms with van der Waals surface area (Å²) in [5.74, 6) is 0. The Morgan fingerprint density at radius 3 is 2.96 bits per heavy atom. The summed E-state index contributed by atoms with van der Waals surface area (Å²) in [5.41, 5.74) is 0.293. The second-order valence-corrected chi connectivity index (χ2v) is 7.47. The first kappa shape index (κ1) is 16.2. The molecular formula is C15H20BrN5O2. The third-order valence-corrected chi connectivity index (χ3v) is 4.31. The van der Waals surface area contributed by atoms with Gasteiger partial charge in [0.1, 0.15) is 16.5 Å². The number of likely N-dealkylation sites (tertiary alicyclic amines) is 1. The van der Waals surface area contributed by atoms with E-state index in [4.69, 9.17) is 4.74 Å². The van der Waals surface area contributed by atoms with Crippen molar-refractivity contribution in [2.75, 3.05) is 13.1 Å². The number of rotatable bonds is 1. The van der Waals surface area contributed by atoms with Crippen LogP contribution in [0.1, 0.15) is 39.7 Å². The fourth-order valence-electron chi connectivity index (χ4n) is 2.75. The molecule has 7 nitrogen and oxygen atoms in total. The van der Waals surface area contributed by atoms with Gasteiger partial charge in [-0.15, -0.1) is 0 Å². The number of hydrogen-bond donors (Lipinski definition) is 0. The second-order valence-electron chi connectivity index (χ2n) is 6.72. The third-order valence-electron chi connectivity index (χ3n) is 3.72. The maximum Gasteiger partial charge on any atom is 0.410 e. The fraction of sp³-hybridized carbons (Fsp3) is 0.600. The molecule has 124 valence electrons. The number of carbonyl (C=O) groups is 1. The summed E-state index contributed by atoms with van der Waals surface area (Å²) in [5, 5.41) is 5.41. The van der Waals surface area contributed by atoms with E-state index in [9.17, 15) is 4.79 Å². The highest BCUT2D eigenvalue weighted by Crippen LogP contribution is 2.28. The summed E-state index contributed by atoms with van der Waals surface area (Å²) in [6, 6.07) is 0.0833. The van der Waals surface area contributed by atoms with Gasteiger partial charge in [0, 0.05) is 19.3 Å². The number of carbonyl (C=O) groups excluding carboxylic acids is 1. The summed E-state index contributed by atoms with van der Waals surface area (Å²) >= 11 is 3.45. The van der Waals surface area contributed by atoms with Crippen molar-refractivity contribution in [3.05, 3.63) is 17.1 Å². The van der Waals surface area contributed by atoms with Crippen LogP contribution in [0.5, 0.6) is 0 Å². The van der Waals surface area contributed by atoms with E-state index in [1.54, 1.807) is 11.1 Å². The lowest BCUT2D eigenvalue weighted by Gasteiger charge is -2.34. The van der Waals surface area contributed by atoms with Gasteiger partial charge in [0.05, 0.1) is 11.4 Å². The Bertz CT molecular complexity index is 724. The minimum absolute atomic E-state index is 0.0833. The average molecular weight is 382 g/mol. The molecule has 0 aromatic carbocycles. The number of halogens is 1. The number of piperidine rings is 1. The molecule has 8 heteroatoms. The lowest BCUT2D eigenvalue weighted by atomic mass is 10.1. The molecule has 1 aliphatic rings. The molecule has 0 aliphatic carbocycles. The average Bonchev–Trinajstić information content (AvgIpc) is 2.83. The first-order valence-corrected chi connectivity index (χ1v) is 8.46. The second kappa shape index (κ2) is 6.07. The van der Waals surface area contributed by atoms with E-state index < -0.39 is 5.60 Å². The normalized spacial score (nSPS) is 19.1. The van der Waals surface area contributed by atoms with Crippen molar-refractivity contribution >= 4 is 33.1 Å². The van der Waals surface area contributed by atoms with E-state index in [0.29, 0.717) is 13.1 Å². The molecule has 1 saturated heterocycles. The smallest absolute Gasteiger partial charge is 0.410 e. The molecule has 3 rings (SSSR count). The molecule has 1 aliphatic heterocycles.